The lowest BCUT2D eigenvalue weighted by molar-refractivity contribution is -0.154. The number of carbonyl (C=O) groups excluding carboxylic acids is 3. The number of hydrogen-bond acceptors (Lipinski definition) is 8. The number of aliphatic hydroxyl groups is 3. The number of likely N-dealkylation sites (N-methyl/N-ethyl adjacent to an activating group) is 1. The third-order valence-electron chi connectivity index (χ3n) is 6.96. The number of primary amides is 1. The summed E-state index contributed by atoms with van der Waals surface area (Å²) in [6, 6.07) is 0.912. The molecule has 0 bridgehead atoms. The molecule has 0 aromatic heterocycles. The van der Waals surface area contributed by atoms with E-state index in [-0.39, 0.29) is 29.5 Å². The third-order valence-corrected chi connectivity index (χ3v) is 6.96. The smallest absolute Gasteiger partial charge is 0.255 e. The molecule has 1 aromatic carbocycles. The highest BCUT2D eigenvalue weighted by Crippen LogP contribution is 2.52. The number of phenolic OH excluding ortho intramolecular Hbond substituents is 1. The number of aromatic hydroxyl groups is 1. The second-order valence-corrected chi connectivity index (χ2v) is 8.49. The number of phenols is 1. The number of benzene rings is 1. The van der Waals surface area contributed by atoms with Gasteiger partial charge in [0, 0.05) is 17.1 Å². The first-order valence-electron chi connectivity index (χ1n) is 10.2. The number of rotatable bonds is 3. The Labute approximate surface area is 182 Å². The number of Topliss-reactive ketones (excluding diaryl/α,β-unsaturated/α-hetero) is 2. The number of ketones is 2. The summed E-state index contributed by atoms with van der Waals surface area (Å²) in [5.74, 6) is -8.21. The highest BCUT2D eigenvalue weighted by atomic mass is 19.1. The Bertz CT molecular complexity index is 1140. The van der Waals surface area contributed by atoms with Crippen molar-refractivity contribution in [3.8, 4) is 5.75 Å². The lowest BCUT2D eigenvalue weighted by Gasteiger charge is -2.50. The van der Waals surface area contributed by atoms with E-state index in [1.807, 2.05) is 0 Å². The highest BCUT2D eigenvalue weighted by Gasteiger charge is 2.64. The van der Waals surface area contributed by atoms with Crippen LogP contribution in [0.4, 0.5) is 4.39 Å². The average molecular weight is 446 g/mol. The third kappa shape index (κ3) is 2.66. The Morgan fingerprint density at radius 1 is 1.28 bits per heavy atom. The Hall–Kier alpha value is -3.24. The predicted octanol–water partition coefficient (Wildman–Crippen LogP) is 0.493. The quantitative estimate of drug-likeness (QED) is 0.419. The number of hydrogen-bond donors (Lipinski definition) is 5. The number of nitrogens with zero attached hydrogens (tertiary/aromatic N) is 1. The van der Waals surface area contributed by atoms with Gasteiger partial charge >= 0.3 is 0 Å². The Kier molecular flexibility index (Phi) is 4.90. The largest absolute Gasteiger partial charge is 0.508 e. The Morgan fingerprint density at radius 2 is 1.94 bits per heavy atom. The summed E-state index contributed by atoms with van der Waals surface area (Å²) < 4.78 is 14.5. The van der Waals surface area contributed by atoms with Gasteiger partial charge in [-0.3, -0.25) is 19.3 Å². The fourth-order valence-electron chi connectivity index (χ4n) is 5.32. The van der Waals surface area contributed by atoms with Gasteiger partial charge < -0.3 is 26.2 Å². The van der Waals surface area contributed by atoms with Gasteiger partial charge in [-0.15, -0.1) is 0 Å². The van der Waals surface area contributed by atoms with Crippen molar-refractivity contribution < 1.29 is 39.2 Å². The number of halogens is 1. The van der Waals surface area contributed by atoms with Crippen molar-refractivity contribution in [3.05, 3.63) is 46.0 Å². The molecule has 0 saturated heterocycles. The molecule has 0 unspecified atom stereocenters. The van der Waals surface area contributed by atoms with Gasteiger partial charge in [-0.2, -0.15) is 0 Å². The van der Waals surface area contributed by atoms with Crippen LogP contribution in [-0.2, 0) is 20.8 Å². The number of aliphatic hydroxyl groups excluding tert-OH is 2. The molecule has 0 radical (unpaired) electrons. The van der Waals surface area contributed by atoms with Gasteiger partial charge in [-0.05, 0) is 44.5 Å². The molecule has 3 aliphatic rings. The first-order chi connectivity index (χ1) is 15.0. The fourth-order valence-corrected chi connectivity index (χ4v) is 5.32. The van der Waals surface area contributed by atoms with Gasteiger partial charge in [-0.25, -0.2) is 4.39 Å². The van der Waals surface area contributed by atoms with E-state index in [0.717, 1.165) is 12.1 Å². The van der Waals surface area contributed by atoms with Gasteiger partial charge in [0.25, 0.3) is 5.91 Å². The van der Waals surface area contributed by atoms with Crippen LogP contribution < -0.4 is 5.73 Å². The molecule has 0 spiro atoms. The molecule has 4 rings (SSSR count). The van der Waals surface area contributed by atoms with Crippen LogP contribution >= 0.6 is 0 Å². The van der Waals surface area contributed by atoms with E-state index in [9.17, 15) is 39.2 Å². The van der Waals surface area contributed by atoms with Crippen LogP contribution in [0.5, 0.6) is 5.75 Å². The maximum atomic E-state index is 14.5. The molecule has 9 nitrogen and oxygen atoms in total. The number of amides is 1. The summed E-state index contributed by atoms with van der Waals surface area (Å²) in [7, 11) is 1.56. The van der Waals surface area contributed by atoms with Crippen molar-refractivity contribution in [2.45, 2.75) is 31.4 Å². The van der Waals surface area contributed by atoms with Crippen molar-refractivity contribution >= 4 is 23.2 Å². The zero-order valence-electron chi connectivity index (χ0n) is 17.4. The Morgan fingerprint density at radius 3 is 2.53 bits per heavy atom. The molecule has 1 fully saturated rings. The molecule has 6 N–H and O–H groups in total. The normalized spacial score (nSPS) is 29.7. The maximum Gasteiger partial charge on any atom is 0.255 e. The molecule has 1 saturated carbocycles. The number of nitrogens with two attached hydrogens (primary N) is 1. The van der Waals surface area contributed by atoms with E-state index < -0.39 is 69.6 Å². The van der Waals surface area contributed by atoms with E-state index >= 15 is 0 Å². The molecule has 32 heavy (non-hydrogen) atoms. The zero-order chi connectivity index (χ0) is 23.7. The molecule has 3 aliphatic carbocycles. The van der Waals surface area contributed by atoms with Crippen molar-refractivity contribution in [1.29, 1.82) is 0 Å². The van der Waals surface area contributed by atoms with Gasteiger partial charge in [0.05, 0.1) is 11.6 Å². The van der Waals surface area contributed by atoms with Crippen LogP contribution in [0.1, 0.15) is 24.5 Å². The van der Waals surface area contributed by atoms with Crippen LogP contribution in [-0.4, -0.2) is 68.0 Å². The van der Waals surface area contributed by atoms with Crippen molar-refractivity contribution in [3.63, 3.8) is 0 Å². The molecule has 0 aliphatic heterocycles. The van der Waals surface area contributed by atoms with E-state index in [2.05, 4.69) is 0 Å². The molecule has 1 amide bonds. The first kappa shape index (κ1) is 22.0. The van der Waals surface area contributed by atoms with Crippen LogP contribution in [0.25, 0.3) is 5.76 Å². The van der Waals surface area contributed by atoms with Crippen LogP contribution in [0.2, 0.25) is 0 Å². The summed E-state index contributed by atoms with van der Waals surface area (Å²) in [5.41, 5.74) is 1.15. The fraction of sp³-hybridized carbons (Fsp3) is 0.409. The molecule has 170 valence electrons. The van der Waals surface area contributed by atoms with Crippen LogP contribution in [0.15, 0.2) is 29.0 Å². The minimum absolute atomic E-state index is 0.00890. The summed E-state index contributed by atoms with van der Waals surface area (Å²) in [4.78, 5) is 40.1. The van der Waals surface area contributed by atoms with Gasteiger partial charge in [0.15, 0.2) is 11.4 Å². The first-order valence-corrected chi connectivity index (χ1v) is 10.2. The second kappa shape index (κ2) is 7.14. The average Bonchev–Trinajstić information content (AvgIpc) is 2.72. The lowest BCUT2D eigenvalue weighted by atomic mass is 9.57. The van der Waals surface area contributed by atoms with Gasteiger partial charge in [0.2, 0.25) is 5.78 Å². The van der Waals surface area contributed by atoms with E-state index in [1.54, 1.807) is 14.0 Å². The van der Waals surface area contributed by atoms with E-state index in [0.29, 0.717) is 6.54 Å². The topological polar surface area (TPSA) is 161 Å². The van der Waals surface area contributed by atoms with Crippen LogP contribution in [0.3, 0.4) is 0 Å². The van der Waals surface area contributed by atoms with E-state index in [4.69, 9.17) is 5.73 Å². The summed E-state index contributed by atoms with van der Waals surface area (Å²) in [5, 5.41) is 43.2. The van der Waals surface area contributed by atoms with Gasteiger partial charge in [-0.1, -0.05) is 6.92 Å². The standard InChI is InChI=1S/C22H23FN2O7/c1-3-25(2)16-10-7-8-6-9-11(23)4-5-12(26)14(9)17(27)13(8)19(29)22(10,32)20(30)15(18(16)28)21(24)31/h4-5,8,10,16,26-27,30,32H,3,6-7H2,1-2H3,(H2,24,31)/t8-,10-,16-,22-/m0/s1. The molecule has 10 heteroatoms. The maximum absolute atomic E-state index is 14.5. The summed E-state index contributed by atoms with van der Waals surface area (Å²) in [6.45, 7) is 2.04. The molecule has 0 heterocycles. The van der Waals surface area contributed by atoms with E-state index in [1.165, 1.54) is 4.90 Å². The SMILES string of the molecule is CCN(C)[C@@H]1C(=O)C(C(N)=O)=C(O)[C@@]2(O)C(=O)C3=C(O)c4c(O)ccc(F)c4C[C@H]3C[C@@H]12. The minimum Gasteiger partial charge on any atom is -0.508 e. The molecular formula is C22H23FN2O7. The Balaban J connectivity index is 1.99. The molecule has 4 atom stereocenters. The summed E-state index contributed by atoms with van der Waals surface area (Å²) in [6.07, 6.45) is -0.149. The lowest BCUT2D eigenvalue weighted by Crippen LogP contribution is -2.66. The molecule has 1 aromatic rings. The van der Waals surface area contributed by atoms with Gasteiger partial charge in [0.1, 0.15) is 28.7 Å². The monoisotopic (exact) mass is 446 g/mol. The zero-order valence-corrected chi connectivity index (χ0v) is 17.4. The summed E-state index contributed by atoms with van der Waals surface area (Å²) >= 11 is 0. The number of carbonyl (C=O) groups is 3. The van der Waals surface area contributed by atoms with Crippen molar-refractivity contribution in [1.82, 2.24) is 4.90 Å². The van der Waals surface area contributed by atoms with Crippen LogP contribution in [0, 0.1) is 17.7 Å². The highest BCUT2D eigenvalue weighted by molar-refractivity contribution is 6.24. The minimum atomic E-state index is -2.70. The number of fused-ring (bicyclic) bond motifs is 3. The molecular weight excluding hydrogens is 423 g/mol. The van der Waals surface area contributed by atoms with Crippen molar-refractivity contribution in [2.24, 2.45) is 17.6 Å². The predicted molar refractivity (Wildman–Crippen MR) is 109 cm³/mol. The second-order valence-electron chi connectivity index (χ2n) is 8.49. The van der Waals surface area contributed by atoms with Crippen molar-refractivity contribution in [2.75, 3.05) is 13.6 Å².